The summed E-state index contributed by atoms with van der Waals surface area (Å²) in [5.74, 6) is -0.167. The summed E-state index contributed by atoms with van der Waals surface area (Å²) in [5, 5.41) is 5.37. The predicted octanol–water partition coefficient (Wildman–Crippen LogP) is 6.67. The van der Waals surface area contributed by atoms with Gasteiger partial charge in [0.2, 0.25) is 11.8 Å². The number of carbonyl (C=O) groups is 2. The van der Waals surface area contributed by atoms with E-state index < -0.39 is 10.5 Å². The van der Waals surface area contributed by atoms with Crippen LogP contribution in [0.25, 0.3) is 0 Å². The average Bonchev–Trinajstić information content (AvgIpc) is 2.95. The monoisotopic (exact) mass is 526 g/mol. The van der Waals surface area contributed by atoms with Crippen LogP contribution in [0, 0.1) is 0 Å². The highest BCUT2D eigenvalue weighted by Gasteiger charge is 2.25. The highest BCUT2D eigenvalue weighted by molar-refractivity contribution is 8.00. The molecule has 0 fully saturated rings. The first kappa shape index (κ1) is 26.6. The molecule has 0 saturated carbocycles. The molecule has 4 aromatic rings. The zero-order valence-corrected chi connectivity index (χ0v) is 22.3. The quantitative estimate of drug-likeness (QED) is 0.214. The molecular formula is C31H30N2O2S2. The number of hydrogen-bond acceptors (Lipinski definition) is 4. The minimum Gasteiger partial charge on any atom is -0.353 e. The van der Waals surface area contributed by atoms with Crippen molar-refractivity contribution in [3.05, 3.63) is 132 Å². The van der Waals surface area contributed by atoms with Gasteiger partial charge in [0.05, 0.1) is 0 Å². The Morgan fingerprint density at radius 1 is 0.595 bits per heavy atom. The van der Waals surface area contributed by atoms with Crippen LogP contribution >= 0.6 is 23.5 Å². The summed E-state index contributed by atoms with van der Waals surface area (Å²) in [6.45, 7) is 2.25. The van der Waals surface area contributed by atoms with Crippen molar-refractivity contribution in [1.29, 1.82) is 0 Å². The van der Waals surface area contributed by atoms with Gasteiger partial charge in [0.15, 0.2) is 0 Å². The van der Waals surface area contributed by atoms with Crippen molar-refractivity contribution in [3.8, 4) is 0 Å². The van der Waals surface area contributed by atoms with E-state index >= 15 is 0 Å². The van der Waals surface area contributed by atoms with Crippen molar-refractivity contribution >= 4 is 35.3 Å². The van der Waals surface area contributed by atoms with Gasteiger partial charge in [0, 0.05) is 22.4 Å². The van der Waals surface area contributed by atoms with Crippen molar-refractivity contribution in [2.24, 2.45) is 0 Å². The Labute approximate surface area is 227 Å². The third-order valence-corrected chi connectivity index (χ3v) is 8.18. The van der Waals surface area contributed by atoms with Crippen LogP contribution in [-0.4, -0.2) is 24.4 Å². The fourth-order valence-corrected chi connectivity index (χ4v) is 5.91. The Morgan fingerprint density at radius 3 is 1.41 bits per heavy atom. The summed E-state index contributed by atoms with van der Waals surface area (Å²) < 4.78 is 0. The molecule has 6 heteroatoms. The molecule has 0 aliphatic heterocycles. The largest absolute Gasteiger partial charge is 0.353 e. The molecule has 0 saturated heterocycles. The van der Waals surface area contributed by atoms with E-state index in [-0.39, 0.29) is 17.9 Å². The summed E-state index contributed by atoms with van der Waals surface area (Å²) in [4.78, 5) is 28.7. The van der Waals surface area contributed by atoms with Crippen LogP contribution in [0.2, 0.25) is 0 Å². The Morgan fingerprint density at radius 2 is 0.973 bits per heavy atom. The van der Waals surface area contributed by atoms with Crippen LogP contribution in [0.1, 0.15) is 28.6 Å². The van der Waals surface area contributed by atoms with Crippen LogP contribution in [0.5, 0.6) is 0 Å². The first-order chi connectivity index (χ1) is 18.1. The van der Waals surface area contributed by atoms with Gasteiger partial charge in [-0.3, -0.25) is 9.59 Å². The van der Waals surface area contributed by atoms with Crippen molar-refractivity contribution in [2.75, 3.05) is 6.54 Å². The third-order valence-electron chi connectivity index (χ3n) is 5.65. The standard InChI is InChI=1S/C31H30N2O2S2/c1-23(33-31(35)29(25-16-8-3-9-17-25)37-27-20-12-5-13-21-27)22-32-30(34)28(24-14-6-2-7-15-24)36-26-18-10-4-11-19-26/h2-21,23,28-29H,22H2,1H3,(H,32,34)(H,33,35)/t23-,28+,29-/m1/s1. The number of hydrogen-bond donors (Lipinski definition) is 2. The number of rotatable bonds is 11. The minimum absolute atomic E-state index is 0.0833. The lowest BCUT2D eigenvalue weighted by Gasteiger charge is -2.22. The highest BCUT2D eigenvalue weighted by atomic mass is 32.2. The number of amides is 2. The Kier molecular flexibility index (Phi) is 9.86. The molecule has 4 aromatic carbocycles. The summed E-state index contributed by atoms with van der Waals surface area (Å²) in [5.41, 5.74) is 1.88. The smallest absolute Gasteiger partial charge is 0.238 e. The predicted molar refractivity (Wildman–Crippen MR) is 154 cm³/mol. The van der Waals surface area contributed by atoms with Crippen LogP contribution in [-0.2, 0) is 9.59 Å². The molecule has 0 unspecified atom stereocenters. The highest BCUT2D eigenvalue weighted by Crippen LogP contribution is 2.36. The molecule has 0 radical (unpaired) electrons. The summed E-state index contributed by atoms with van der Waals surface area (Å²) in [7, 11) is 0. The number of nitrogens with one attached hydrogen (secondary N) is 2. The molecular weight excluding hydrogens is 496 g/mol. The molecule has 2 N–H and O–H groups in total. The Balaban J connectivity index is 1.40. The van der Waals surface area contributed by atoms with Gasteiger partial charge >= 0.3 is 0 Å². The maximum absolute atomic E-state index is 13.4. The molecule has 0 bridgehead atoms. The van der Waals surface area contributed by atoms with Gasteiger partial charge in [0.1, 0.15) is 10.5 Å². The number of benzene rings is 4. The lowest BCUT2D eigenvalue weighted by molar-refractivity contribution is -0.123. The van der Waals surface area contributed by atoms with Gasteiger partial charge in [-0.25, -0.2) is 0 Å². The molecule has 4 rings (SSSR count). The molecule has 188 valence electrons. The molecule has 0 aliphatic rings. The molecule has 3 atom stereocenters. The molecule has 0 aromatic heterocycles. The van der Waals surface area contributed by atoms with Gasteiger partial charge in [-0.2, -0.15) is 0 Å². The lowest BCUT2D eigenvalue weighted by Crippen LogP contribution is -2.44. The maximum Gasteiger partial charge on any atom is 0.238 e. The minimum atomic E-state index is -0.396. The van der Waals surface area contributed by atoms with E-state index in [1.807, 2.05) is 128 Å². The Hall–Kier alpha value is -3.48. The van der Waals surface area contributed by atoms with Crippen molar-refractivity contribution < 1.29 is 9.59 Å². The fourth-order valence-electron chi connectivity index (χ4n) is 3.79. The fraction of sp³-hybridized carbons (Fsp3) is 0.161. The third kappa shape index (κ3) is 8.00. The number of thioether (sulfide) groups is 2. The molecule has 0 heterocycles. The van der Waals surface area contributed by atoms with Crippen LogP contribution in [0.4, 0.5) is 0 Å². The molecule has 4 nitrogen and oxygen atoms in total. The van der Waals surface area contributed by atoms with Gasteiger partial charge < -0.3 is 10.6 Å². The SMILES string of the molecule is C[C@H](CNC(=O)[C@@H](Sc1ccccc1)c1ccccc1)NC(=O)[C@H](Sc1ccccc1)c1ccccc1. The van der Waals surface area contributed by atoms with E-state index in [1.165, 1.54) is 23.5 Å². The average molecular weight is 527 g/mol. The first-order valence-electron chi connectivity index (χ1n) is 12.2. The van der Waals surface area contributed by atoms with E-state index in [4.69, 9.17) is 0 Å². The first-order valence-corrected chi connectivity index (χ1v) is 14.0. The van der Waals surface area contributed by atoms with E-state index in [0.29, 0.717) is 6.54 Å². The normalized spacial score (nSPS) is 13.2. The van der Waals surface area contributed by atoms with Gasteiger partial charge in [-0.1, -0.05) is 97.1 Å². The van der Waals surface area contributed by atoms with E-state index in [0.717, 1.165) is 20.9 Å². The van der Waals surface area contributed by atoms with Crippen LogP contribution in [0.3, 0.4) is 0 Å². The molecule has 2 amide bonds. The lowest BCUT2D eigenvalue weighted by atomic mass is 10.1. The van der Waals surface area contributed by atoms with E-state index in [1.54, 1.807) is 0 Å². The summed E-state index contributed by atoms with van der Waals surface area (Å²) in [6, 6.07) is 39.1. The van der Waals surface area contributed by atoms with Crippen molar-refractivity contribution in [2.45, 2.75) is 33.3 Å². The van der Waals surface area contributed by atoms with Crippen molar-refractivity contribution in [1.82, 2.24) is 10.6 Å². The summed E-state index contributed by atoms with van der Waals surface area (Å²) >= 11 is 3.03. The van der Waals surface area contributed by atoms with Crippen LogP contribution < -0.4 is 10.6 Å². The van der Waals surface area contributed by atoms with Crippen molar-refractivity contribution in [3.63, 3.8) is 0 Å². The number of carbonyl (C=O) groups excluding carboxylic acids is 2. The summed E-state index contributed by atoms with van der Waals surface area (Å²) in [6.07, 6.45) is 0. The second-order valence-electron chi connectivity index (χ2n) is 8.60. The van der Waals surface area contributed by atoms with Crippen LogP contribution in [0.15, 0.2) is 131 Å². The van der Waals surface area contributed by atoms with Gasteiger partial charge in [-0.05, 0) is 42.3 Å². The Bertz CT molecular complexity index is 1260. The topological polar surface area (TPSA) is 58.2 Å². The second kappa shape index (κ2) is 13.7. The van der Waals surface area contributed by atoms with Gasteiger partial charge in [-0.15, -0.1) is 23.5 Å². The maximum atomic E-state index is 13.4. The van der Waals surface area contributed by atoms with E-state index in [2.05, 4.69) is 10.6 Å². The molecule has 0 aliphatic carbocycles. The zero-order valence-electron chi connectivity index (χ0n) is 20.6. The second-order valence-corrected chi connectivity index (χ2v) is 11.0. The molecule has 0 spiro atoms. The zero-order chi connectivity index (χ0) is 25.9. The van der Waals surface area contributed by atoms with E-state index in [9.17, 15) is 9.59 Å². The molecule has 37 heavy (non-hydrogen) atoms. The van der Waals surface area contributed by atoms with Gasteiger partial charge in [0.25, 0.3) is 0 Å².